The molecule has 2 heterocycles. The van der Waals surface area contributed by atoms with E-state index in [1.54, 1.807) is 11.3 Å². The summed E-state index contributed by atoms with van der Waals surface area (Å²) in [4.78, 5) is 9.15. The van der Waals surface area contributed by atoms with Crippen molar-refractivity contribution in [3.8, 4) is 11.5 Å². The Morgan fingerprint density at radius 2 is 2.11 bits per heavy atom. The number of hydrogen-bond acceptors (Lipinski definition) is 5. The number of thiazole rings is 1. The lowest BCUT2D eigenvalue weighted by Gasteiger charge is -2.18. The highest BCUT2D eigenvalue weighted by Gasteiger charge is 2.20. The molecule has 1 aliphatic carbocycles. The van der Waals surface area contributed by atoms with Gasteiger partial charge < -0.3 is 5.73 Å². The van der Waals surface area contributed by atoms with E-state index in [9.17, 15) is 0 Å². The van der Waals surface area contributed by atoms with E-state index in [0.717, 1.165) is 28.8 Å². The standard InChI is InChI=1S/C13H19N5S/c14-7-6-11-15-10(8-19-11)13-16-12(17-18-13)9-4-2-1-3-5-9/h8-9H,1-7,14H2,(H,16,17,18). The topological polar surface area (TPSA) is 80.5 Å². The first-order valence-corrected chi connectivity index (χ1v) is 7.82. The zero-order valence-electron chi connectivity index (χ0n) is 10.9. The number of H-pyrrole nitrogens is 1. The number of nitrogens with one attached hydrogen (secondary N) is 1. The highest BCUT2D eigenvalue weighted by Crippen LogP contribution is 2.31. The van der Waals surface area contributed by atoms with Gasteiger partial charge in [-0.2, -0.15) is 5.10 Å². The Labute approximate surface area is 116 Å². The van der Waals surface area contributed by atoms with Gasteiger partial charge in [-0.3, -0.25) is 5.10 Å². The smallest absolute Gasteiger partial charge is 0.200 e. The molecule has 0 atom stereocenters. The number of nitrogens with two attached hydrogens (primary N) is 1. The minimum Gasteiger partial charge on any atom is -0.330 e. The fourth-order valence-corrected chi connectivity index (χ4v) is 3.39. The predicted octanol–water partition coefficient (Wildman–Crippen LogP) is 2.48. The van der Waals surface area contributed by atoms with Crippen LogP contribution in [0.2, 0.25) is 0 Å². The average Bonchev–Trinajstić information content (AvgIpc) is 3.08. The molecule has 3 rings (SSSR count). The summed E-state index contributed by atoms with van der Waals surface area (Å²) in [6.07, 6.45) is 7.24. The fourth-order valence-electron chi connectivity index (χ4n) is 2.60. The first-order chi connectivity index (χ1) is 9.36. The monoisotopic (exact) mass is 277 g/mol. The molecule has 1 fully saturated rings. The van der Waals surface area contributed by atoms with E-state index in [2.05, 4.69) is 20.2 Å². The van der Waals surface area contributed by atoms with Crippen molar-refractivity contribution in [3.05, 3.63) is 16.2 Å². The molecule has 6 heteroatoms. The zero-order chi connectivity index (χ0) is 13.1. The molecule has 1 saturated carbocycles. The van der Waals surface area contributed by atoms with Crippen LogP contribution in [0.15, 0.2) is 5.38 Å². The van der Waals surface area contributed by atoms with Gasteiger partial charge in [-0.25, -0.2) is 9.97 Å². The molecule has 102 valence electrons. The van der Waals surface area contributed by atoms with Crippen LogP contribution < -0.4 is 5.73 Å². The molecular weight excluding hydrogens is 258 g/mol. The van der Waals surface area contributed by atoms with Gasteiger partial charge in [0.2, 0.25) is 5.82 Å². The van der Waals surface area contributed by atoms with E-state index in [1.165, 1.54) is 32.1 Å². The first kappa shape index (κ1) is 12.7. The zero-order valence-corrected chi connectivity index (χ0v) is 11.7. The SMILES string of the molecule is NCCc1nc(-c2n[nH]c(C3CCCCC3)n2)cs1. The minimum absolute atomic E-state index is 0.553. The Morgan fingerprint density at radius 1 is 1.26 bits per heavy atom. The molecule has 2 aromatic heterocycles. The van der Waals surface area contributed by atoms with E-state index in [0.29, 0.717) is 12.5 Å². The van der Waals surface area contributed by atoms with Crippen molar-refractivity contribution in [2.45, 2.75) is 44.4 Å². The van der Waals surface area contributed by atoms with Crippen molar-refractivity contribution in [3.63, 3.8) is 0 Å². The van der Waals surface area contributed by atoms with Gasteiger partial charge in [0.25, 0.3) is 0 Å². The lowest BCUT2D eigenvalue weighted by Crippen LogP contribution is -2.06. The van der Waals surface area contributed by atoms with E-state index < -0.39 is 0 Å². The van der Waals surface area contributed by atoms with Crippen LogP contribution in [-0.2, 0) is 6.42 Å². The van der Waals surface area contributed by atoms with Crippen molar-refractivity contribution in [2.75, 3.05) is 6.54 Å². The Morgan fingerprint density at radius 3 is 2.89 bits per heavy atom. The Hall–Kier alpha value is -1.27. The summed E-state index contributed by atoms with van der Waals surface area (Å²) in [5, 5.41) is 10.5. The number of aromatic amines is 1. The van der Waals surface area contributed by atoms with Gasteiger partial charge >= 0.3 is 0 Å². The van der Waals surface area contributed by atoms with Crippen molar-refractivity contribution >= 4 is 11.3 Å². The second kappa shape index (κ2) is 5.79. The van der Waals surface area contributed by atoms with Gasteiger partial charge in [-0.15, -0.1) is 11.3 Å². The molecule has 0 saturated heterocycles. The average molecular weight is 277 g/mol. The predicted molar refractivity (Wildman–Crippen MR) is 76.1 cm³/mol. The van der Waals surface area contributed by atoms with E-state index in [4.69, 9.17) is 5.73 Å². The Kier molecular flexibility index (Phi) is 3.89. The minimum atomic E-state index is 0.553. The maximum absolute atomic E-state index is 5.54. The third-order valence-electron chi connectivity index (χ3n) is 3.63. The summed E-state index contributed by atoms with van der Waals surface area (Å²) in [5.41, 5.74) is 6.41. The quantitative estimate of drug-likeness (QED) is 0.899. The summed E-state index contributed by atoms with van der Waals surface area (Å²) >= 11 is 1.63. The number of rotatable bonds is 4. The molecule has 0 bridgehead atoms. The highest BCUT2D eigenvalue weighted by molar-refractivity contribution is 7.09. The molecule has 0 aromatic carbocycles. The molecular formula is C13H19N5S. The largest absolute Gasteiger partial charge is 0.330 e. The normalized spacial score (nSPS) is 16.9. The van der Waals surface area contributed by atoms with Crippen molar-refractivity contribution in [1.29, 1.82) is 0 Å². The van der Waals surface area contributed by atoms with Gasteiger partial charge in [-0.05, 0) is 19.4 Å². The van der Waals surface area contributed by atoms with Crippen LogP contribution in [0.4, 0.5) is 0 Å². The molecule has 1 aliphatic rings. The molecule has 2 aromatic rings. The van der Waals surface area contributed by atoms with Crippen LogP contribution in [0.1, 0.15) is 48.9 Å². The van der Waals surface area contributed by atoms with Crippen LogP contribution in [0, 0.1) is 0 Å². The lowest BCUT2D eigenvalue weighted by molar-refractivity contribution is 0.429. The lowest BCUT2D eigenvalue weighted by atomic mass is 9.89. The van der Waals surface area contributed by atoms with Crippen molar-refractivity contribution in [2.24, 2.45) is 5.73 Å². The highest BCUT2D eigenvalue weighted by atomic mass is 32.1. The van der Waals surface area contributed by atoms with Gasteiger partial charge in [0.15, 0.2) is 0 Å². The molecule has 0 radical (unpaired) electrons. The summed E-state index contributed by atoms with van der Waals surface area (Å²) in [6, 6.07) is 0. The first-order valence-electron chi connectivity index (χ1n) is 6.94. The summed E-state index contributed by atoms with van der Waals surface area (Å²) in [6.45, 7) is 0.633. The Balaban J connectivity index is 1.75. The van der Waals surface area contributed by atoms with Gasteiger partial charge in [-0.1, -0.05) is 19.3 Å². The summed E-state index contributed by atoms with van der Waals surface area (Å²) < 4.78 is 0. The maximum Gasteiger partial charge on any atom is 0.200 e. The number of nitrogens with zero attached hydrogens (tertiary/aromatic N) is 3. The Bertz CT molecular complexity index is 527. The molecule has 0 aliphatic heterocycles. The molecule has 0 unspecified atom stereocenters. The van der Waals surface area contributed by atoms with E-state index in [1.807, 2.05) is 5.38 Å². The van der Waals surface area contributed by atoms with E-state index in [-0.39, 0.29) is 0 Å². The molecule has 19 heavy (non-hydrogen) atoms. The van der Waals surface area contributed by atoms with E-state index >= 15 is 0 Å². The molecule has 0 spiro atoms. The van der Waals surface area contributed by atoms with Crippen LogP contribution in [-0.4, -0.2) is 26.7 Å². The second-order valence-corrected chi connectivity index (χ2v) is 5.99. The van der Waals surface area contributed by atoms with Gasteiger partial charge in [0.05, 0.1) is 5.01 Å². The van der Waals surface area contributed by atoms with Crippen molar-refractivity contribution < 1.29 is 0 Å². The fraction of sp³-hybridized carbons (Fsp3) is 0.615. The van der Waals surface area contributed by atoms with Gasteiger partial charge in [0, 0.05) is 17.7 Å². The van der Waals surface area contributed by atoms with Crippen LogP contribution in [0.5, 0.6) is 0 Å². The van der Waals surface area contributed by atoms with Gasteiger partial charge in [0.1, 0.15) is 11.5 Å². The molecule has 0 amide bonds. The van der Waals surface area contributed by atoms with Crippen molar-refractivity contribution in [1.82, 2.24) is 20.2 Å². The summed E-state index contributed by atoms with van der Waals surface area (Å²) in [5.74, 6) is 2.31. The molecule has 3 N–H and O–H groups in total. The maximum atomic E-state index is 5.54. The van der Waals surface area contributed by atoms with Crippen LogP contribution in [0.25, 0.3) is 11.5 Å². The third-order valence-corrected chi connectivity index (χ3v) is 4.54. The van der Waals surface area contributed by atoms with Crippen LogP contribution in [0.3, 0.4) is 0 Å². The molecule has 5 nitrogen and oxygen atoms in total. The number of hydrogen-bond donors (Lipinski definition) is 2. The summed E-state index contributed by atoms with van der Waals surface area (Å²) in [7, 11) is 0. The second-order valence-electron chi connectivity index (χ2n) is 5.04. The number of aromatic nitrogens is 4. The third kappa shape index (κ3) is 2.84. The van der Waals surface area contributed by atoms with Crippen LogP contribution >= 0.6 is 11.3 Å².